The fourth-order valence-corrected chi connectivity index (χ4v) is 2.72. The molecular weight excluding hydrogens is 332 g/mol. The highest BCUT2D eigenvalue weighted by Gasteiger charge is 2.08. The van der Waals surface area contributed by atoms with Gasteiger partial charge in [-0.05, 0) is 48.9 Å². The number of amides is 1. The fourth-order valence-electron chi connectivity index (χ4n) is 2.72. The van der Waals surface area contributed by atoms with Gasteiger partial charge in [0, 0.05) is 28.6 Å². The molecule has 1 amide bonds. The van der Waals surface area contributed by atoms with E-state index in [0.29, 0.717) is 29.8 Å². The van der Waals surface area contributed by atoms with Gasteiger partial charge in [-0.15, -0.1) is 0 Å². The molecular formula is C20H20N2O4. The highest BCUT2D eigenvalue weighted by Crippen LogP contribution is 2.18. The lowest BCUT2D eigenvalue weighted by atomic mass is 10.1. The van der Waals surface area contributed by atoms with E-state index in [4.69, 9.17) is 9.47 Å². The minimum Gasteiger partial charge on any atom is -0.497 e. The lowest BCUT2D eigenvalue weighted by molar-refractivity contribution is 0.0953. The Balaban J connectivity index is 1.70. The maximum Gasteiger partial charge on any atom is 0.251 e. The van der Waals surface area contributed by atoms with Gasteiger partial charge in [0.15, 0.2) is 0 Å². The average Bonchev–Trinajstić information content (AvgIpc) is 2.68. The molecule has 0 bridgehead atoms. The van der Waals surface area contributed by atoms with Crippen LogP contribution in [0.5, 0.6) is 11.5 Å². The number of methoxy groups -OCH3 is 2. The number of benzene rings is 2. The number of rotatable bonds is 6. The van der Waals surface area contributed by atoms with E-state index in [-0.39, 0.29) is 11.5 Å². The van der Waals surface area contributed by atoms with Gasteiger partial charge in [0.25, 0.3) is 11.5 Å². The molecule has 6 nitrogen and oxygen atoms in total. The molecule has 0 saturated heterocycles. The van der Waals surface area contributed by atoms with Crippen LogP contribution in [0.4, 0.5) is 0 Å². The summed E-state index contributed by atoms with van der Waals surface area (Å²) in [5.74, 6) is 1.14. The maximum absolute atomic E-state index is 12.2. The molecule has 0 fully saturated rings. The molecule has 3 aromatic rings. The van der Waals surface area contributed by atoms with Crippen LogP contribution in [0.1, 0.15) is 15.9 Å². The third-order valence-corrected chi connectivity index (χ3v) is 4.14. The molecule has 0 saturated carbocycles. The summed E-state index contributed by atoms with van der Waals surface area (Å²) in [5.41, 5.74) is 1.72. The number of fused-ring (bicyclic) bond motifs is 1. The van der Waals surface area contributed by atoms with Gasteiger partial charge in [-0.3, -0.25) is 9.59 Å². The first-order chi connectivity index (χ1) is 12.6. The molecule has 6 heteroatoms. The van der Waals surface area contributed by atoms with E-state index in [1.807, 2.05) is 18.2 Å². The van der Waals surface area contributed by atoms with Crippen LogP contribution in [0.15, 0.2) is 53.3 Å². The molecule has 3 rings (SSSR count). The number of nitrogens with one attached hydrogen (secondary N) is 2. The van der Waals surface area contributed by atoms with E-state index in [1.165, 1.54) is 0 Å². The first-order valence-corrected chi connectivity index (χ1v) is 8.23. The van der Waals surface area contributed by atoms with E-state index < -0.39 is 0 Å². The Morgan fingerprint density at radius 1 is 1.04 bits per heavy atom. The zero-order chi connectivity index (χ0) is 18.5. The number of hydrogen-bond acceptors (Lipinski definition) is 4. The van der Waals surface area contributed by atoms with Gasteiger partial charge in [-0.25, -0.2) is 0 Å². The highest BCUT2D eigenvalue weighted by molar-refractivity contribution is 5.94. The van der Waals surface area contributed by atoms with Crippen molar-refractivity contribution in [3.05, 3.63) is 70.0 Å². The quantitative estimate of drug-likeness (QED) is 0.714. The molecule has 26 heavy (non-hydrogen) atoms. The van der Waals surface area contributed by atoms with Crippen LogP contribution in [-0.4, -0.2) is 31.7 Å². The van der Waals surface area contributed by atoms with Crippen molar-refractivity contribution < 1.29 is 14.3 Å². The van der Waals surface area contributed by atoms with Gasteiger partial charge in [0.1, 0.15) is 11.5 Å². The molecule has 0 spiro atoms. The third-order valence-electron chi connectivity index (χ3n) is 4.14. The molecule has 0 unspecified atom stereocenters. The minimum atomic E-state index is -0.206. The number of ether oxygens (including phenoxy) is 2. The molecule has 0 radical (unpaired) electrons. The summed E-state index contributed by atoms with van der Waals surface area (Å²) in [6, 6.07) is 14.2. The van der Waals surface area contributed by atoms with Crippen LogP contribution >= 0.6 is 0 Å². The van der Waals surface area contributed by atoms with Crippen LogP contribution in [-0.2, 0) is 6.42 Å². The van der Waals surface area contributed by atoms with Crippen molar-refractivity contribution in [3.8, 4) is 11.5 Å². The summed E-state index contributed by atoms with van der Waals surface area (Å²) in [6.07, 6.45) is 0.429. The molecule has 1 aromatic heterocycles. The molecule has 0 aliphatic carbocycles. The Kier molecular flexibility index (Phi) is 5.22. The second-order valence-corrected chi connectivity index (χ2v) is 5.81. The van der Waals surface area contributed by atoms with Crippen molar-refractivity contribution in [3.63, 3.8) is 0 Å². The van der Waals surface area contributed by atoms with Crippen molar-refractivity contribution >= 4 is 16.8 Å². The number of pyridine rings is 1. The molecule has 2 aromatic carbocycles. The van der Waals surface area contributed by atoms with Gasteiger partial charge in [0.05, 0.1) is 14.2 Å². The molecule has 1 heterocycles. The summed E-state index contributed by atoms with van der Waals surface area (Å²) >= 11 is 0. The third kappa shape index (κ3) is 3.85. The van der Waals surface area contributed by atoms with Crippen molar-refractivity contribution in [2.45, 2.75) is 6.42 Å². The van der Waals surface area contributed by atoms with Crippen LogP contribution < -0.4 is 20.3 Å². The van der Waals surface area contributed by atoms with Crippen LogP contribution in [0.25, 0.3) is 10.9 Å². The Morgan fingerprint density at radius 3 is 2.58 bits per heavy atom. The van der Waals surface area contributed by atoms with Gasteiger partial charge < -0.3 is 19.8 Å². The van der Waals surface area contributed by atoms with E-state index >= 15 is 0 Å². The van der Waals surface area contributed by atoms with Crippen molar-refractivity contribution in [2.75, 3.05) is 20.8 Å². The number of hydrogen-bond donors (Lipinski definition) is 2. The van der Waals surface area contributed by atoms with E-state index in [9.17, 15) is 9.59 Å². The second kappa shape index (κ2) is 7.74. The molecule has 0 aliphatic rings. The minimum absolute atomic E-state index is 0.154. The molecule has 2 N–H and O–H groups in total. The van der Waals surface area contributed by atoms with Crippen molar-refractivity contribution in [2.24, 2.45) is 0 Å². The number of H-pyrrole nitrogens is 1. The Hall–Kier alpha value is -3.28. The van der Waals surface area contributed by atoms with E-state index in [2.05, 4.69) is 10.3 Å². The standard InChI is InChI=1S/C20H20N2O4/c1-25-16-5-3-4-13(11-16)19(23)21-9-8-14-10-15-12-17(26-2)6-7-18(15)22-20(14)24/h3-7,10-12H,8-9H2,1-2H3,(H,21,23)(H,22,24). The van der Waals surface area contributed by atoms with Gasteiger partial charge >= 0.3 is 0 Å². The SMILES string of the molecule is COc1cccc(C(=O)NCCc2cc3cc(OC)ccc3[nH]c2=O)c1. The molecule has 0 atom stereocenters. The van der Waals surface area contributed by atoms with Crippen LogP contribution in [0, 0.1) is 0 Å². The smallest absolute Gasteiger partial charge is 0.251 e. The lowest BCUT2D eigenvalue weighted by Crippen LogP contribution is -2.27. The van der Waals surface area contributed by atoms with E-state index in [0.717, 1.165) is 16.7 Å². The fraction of sp³-hybridized carbons (Fsp3) is 0.200. The predicted octanol–water partition coefficient (Wildman–Crippen LogP) is 2.52. The number of aromatic nitrogens is 1. The van der Waals surface area contributed by atoms with Crippen LogP contribution in [0.2, 0.25) is 0 Å². The second-order valence-electron chi connectivity index (χ2n) is 5.81. The topological polar surface area (TPSA) is 80.4 Å². The predicted molar refractivity (Wildman–Crippen MR) is 100 cm³/mol. The zero-order valence-electron chi connectivity index (χ0n) is 14.7. The van der Waals surface area contributed by atoms with Gasteiger partial charge in [-0.1, -0.05) is 6.07 Å². The summed E-state index contributed by atoms with van der Waals surface area (Å²) in [6.45, 7) is 0.356. The number of carbonyl (C=O) groups excluding carboxylic acids is 1. The zero-order valence-corrected chi connectivity index (χ0v) is 14.7. The summed E-state index contributed by atoms with van der Waals surface area (Å²) in [7, 11) is 3.15. The Morgan fingerprint density at radius 2 is 1.81 bits per heavy atom. The highest BCUT2D eigenvalue weighted by atomic mass is 16.5. The van der Waals surface area contributed by atoms with Gasteiger partial charge in [-0.2, -0.15) is 0 Å². The number of aromatic amines is 1. The van der Waals surface area contributed by atoms with Crippen molar-refractivity contribution in [1.29, 1.82) is 0 Å². The first-order valence-electron chi connectivity index (χ1n) is 8.23. The van der Waals surface area contributed by atoms with E-state index in [1.54, 1.807) is 44.6 Å². The maximum atomic E-state index is 12.2. The largest absolute Gasteiger partial charge is 0.497 e. The normalized spacial score (nSPS) is 10.5. The lowest BCUT2D eigenvalue weighted by Gasteiger charge is -2.08. The Bertz CT molecular complexity index is 995. The number of carbonyl (C=O) groups is 1. The average molecular weight is 352 g/mol. The van der Waals surface area contributed by atoms with Crippen LogP contribution in [0.3, 0.4) is 0 Å². The summed E-state index contributed by atoms with van der Waals surface area (Å²) < 4.78 is 10.3. The first kappa shape index (κ1) is 17.5. The van der Waals surface area contributed by atoms with Crippen molar-refractivity contribution in [1.82, 2.24) is 10.3 Å². The summed E-state index contributed by atoms with van der Waals surface area (Å²) in [5, 5.41) is 3.71. The monoisotopic (exact) mass is 352 g/mol. The van der Waals surface area contributed by atoms with Gasteiger partial charge in [0.2, 0.25) is 0 Å². The molecule has 134 valence electrons. The molecule has 0 aliphatic heterocycles. The summed E-state index contributed by atoms with van der Waals surface area (Å²) in [4.78, 5) is 27.3. The Labute approximate surface area is 150 Å².